The number of anilines is 1. The summed E-state index contributed by atoms with van der Waals surface area (Å²) in [6, 6.07) is 0. The number of aromatic nitrogens is 4. The third-order valence-corrected chi connectivity index (χ3v) is 2.26. The highest BCUT2D eigenvalue weighted by atomic mass is 15.3. The van der Waals surface area contributed by atoms with Gasteiger partial charge >= 0.3 is 0 Å². The van der Waals surface area contributed by atoms with Crippen LogP contribution in [0.5, 0.6) is 0 Å². The SMILES string of the molecule is Cn1cc(CCCn2cc(N)cn2)cn1. The number of rotatable bonds is 4. The maximum atomic E-state index is 5.57. The third-order valence-electron chi connectivity index (χ3n) is 2.26. The Kier molecular flexibility index (Phi) is 2.71. The van der Waals surface area contributed by atoms with Gasteiger partial charge in [0.1, 0.15) is 0 Å². The zero-order chi connectivity index (χ0) is 10.7. The molecule has 0 fully saturated rings. The highest BCUT2D eigenvalue weighted by Gasteiger charge is 1.98. The normalized spacial score (nSPS) is 10.7. The minimum atomic E-state index is 0.719. The summed E-state index contributed by atoms with van der Waals surface area (Å²) in [6.07, 6.45) is 9.53. The maximum absolute atomic E-state index is 5.57. The van der Waals surface area contributed by atoms with Crippen molar-refractivity contribution in [3.05, 3.63) is 30.4 Å². The van der Waals surface area contributed by atoms with E-state index in [9.17, 15) is 0 Å². The van der Waals surface area contributed by atoms with E-state index in [-0.39, 0.29) is 0 Å². The van der Waals surface area contributed by atoms with Crippen LogP contribution in [-0.2, 0) is 20.0 Å². The van der Waals surface area contributed by atoms with Crippen LogP contribution in [0.2, 0.25) is 0 Å². The first-order valence-electron chi connectivity index (χ1n) is 4.99. The molecule has 0 aliphatic carbocycles. The first-order valence-corrected chi connectivity index (χ1v) is 4.99. The van der Waals surface area contributed by atoms with Crippen LogP contribution in [0.3, 0.4) is 0 Å². The molecule has 0 aliphatic heterocycles. The molecule has 15 heavy (non-hydrogen) atoms. The number of nitrogens with zero attached hydrogens (tertiary/aromatic N) is 4. The first-order chi connectivity index (χ1) is 7.24. The zero-order valence-electron chi connectivity index (χ0n) is 8.80. The van der Waals surface area contributed by atoms with Crippen LogP contribution in [0.1, 0.15) is 12.0 Å². The van der Waals surface area contributed by atoms with E-state index in [4.69, 9.17) is 5.73 Å². The second-order valence-electron chi connectivity index (χ2n) is 3.66. The van der Waals surface area contributed by atoms with Crippen molar-refractivity contribution in [3.63, 3.8) is 0 Å². The molecular weight excluding hydrogens is 190 g/mol. The molecule has 2 rings (SSSR count). The highest BCUT2D eigenvalue weighted by Crippen LogP contribution is 2.04. The number of aryl methyl sites for hydroxylation is 3. The van der Waals surface area contributed by atoms with Crippen LogP contribution >= 0.6 is 0 Å². The topological polar surface area (TPSA) is 61.7 Å². The van der Waals surface area contributed by atoms with Crippen molar-refractivity contribution < 1.29 is 0 Å². The lowest BCUT2D eigenvalue weighted by Gasteiger charge is -1.99. The summed E-state index contributed by atoms with van der Waals surface area (Å²) < 4.78 is 3.69. The van der Waals surface area contributed by atoms with Crippen LogP contribution < -0.4 is 5.73 Å². The van der Waals surface area contributed by atoms with Gasteiger partial charge in [-0.3, -0.25) is 9.36 Å². The smallest absolute Gasteiger partial charge is 0.0719 e. The summed E-state index contributed by atoms with van der Waals surface area (Å²) in [5.74, 6) is 0. The molecule has 2 aromatic heterocycles. The predicted octanol–water partition coefficient (Wildman–Crippen LogP) is 0.832. The second kappa shape index (κ2) is 4.16. The van der Waals surface area contributed by atoms with Crippen LogP contribution in [-0.4, -0.2) is 19.6 Å². The molecular formula is C10H15N5. The quantitative estimate of drug-likeness (QED) is 0.804. The summed E-state index contributed by atoms with van der Waals surface area (Å²) in [6.45, 7) is 0.895. The van der Waals surface area contributed by atoms with Crippen LogP contribution in [0.25, 0.3) is 0 Å². The van der Waals surface area contributed by atoms with E-state index in [2.05, 4.69) is 10.2 Å². The van der Waals surface area contributed by atoms with Gasteiger partial charge in [0.25, 0.3) is 0 Å². The standard InChI is InChI=1S/C10H15N5/c1-14-7-9(5-12-14)3-2-4-15-8-10(11)6-13-15/h5-8H,2-4,11H2,1H3. The molecule has 0 aliphatic rings. The Bertz CT molecular complexity index is 388. The van der Waals surface area contributed by atoms with Gasteiger partial charge in [-0.25, -0.2) is 0 Å². The molecule has 0 bridgehead atoms. The van der Waals surface area contributed by atoms with Gasteiger partial charge in [-0.2, -0.15) is 10.2 Å². The van der Waals surface area contributed by atoms with E-state index < -0.39 is 0 Å². The van der Waals surface area contributed by atoms with E-state index in [1.54, 1.807) is 6.20 Å². The summed E-state index contributed by atoms with van der Waals surface area (Å²) in [7, 11) is 1.93. The Morgan fingerprint density at radius 1 is 1.27 bits per heavy atom. The van der Waals surface area contributed by atoms with Gasteiger partial charge in [0, 0.05) is 26.0 Å². The lowest BCUT2D eigenvalue weighted by atomic mass is 10.2. The van der Waals surface area contributed by atoms with Gasteiger partial charge in [-0.05, 0) is 18.4 Å². The van der Waals surface area contributed by atoms with E-state index in [1.807, 2.05) is 35.0 Å². The Balaban J connectivity index is 1.80. The molecule has 2 N–H and O–H groups in total. The molecule has 0 saturated carbocycles. The second-order valence-corrected chi connectivity index (χ2v) is 3.66. The molecule has 5 nitrogen and oxygen atoms in total. The Morgan fingerprint density at radius 3 is 2.73 bits per heavy atom. The van der Waals surface area contributed by atoms with Gasteiger partial charge < -0.3 is 5.73 Å². The maximum Gasteiger partial charge on any atom is 0.0719 e. The lowest BCUT2D eigenvalue weighted by Crippen LogP contribution is -1.99. The van der Waals surface area contributed by atoms with Crippen molar-refractivity contribution in [3.8, 4) is 0 Å². The zero-order valence-corrected chi connectivity index (χ0v) is 8.80. The third kappa shape index (κ3) is 2.59. The summed E-state index contributed by atoms with van der Waals surface area (Å²) in [5, 5.41) is 8.24. The van der Waals surface area contributed by atoms with Crippen molar-refractivity contribution >= 4 is 5.69 Å². The molecule has 0 aromatic carbocycles. The molecule has 80 valence electrons. The molecule has 0 unspecified atom stereocenters. The van der Waals surface area contributed by atoms with Crippen molar-refractivity contribution in [1.82, 2.24) is 19.6 Å². The fourth-order valence-corrected chi connectivity index (χ4v) is 1.55. The van der Waals surface area contributed by atoms with Crippen LogP contribution in [0, 0.1) is 0 Å². The largest absolute Gasteiger partial charge is 0.396 e. The van der Waals surface area contributed by atoms with Gasteiger partial charge in [0.05, 0.1) is 18.1 Å². The molecule has 2 aromatic rings. The Labute approximate surface area is 88.5 Å². The Hall–Kier alpha value is -1.78. The molecule has 0 saturated heterocycles. The fraction of sp³-hybridized carbons (Fsp3) is 0.400. The van der Waals surface area contributed by atoms with Gasteiger partial charge in [-0.1, -0.05) is 0 Å². The summed E-state index contributed by atoms with van der Waals surface area (Å²) in [5.41, 5.74) is 7.55. The number of hydrogen-bond acceptors (Lipinski definition) is 3. The first kappa shape index (κ1) is 9.76. The molecule has 5 heteroatoms. The average Bonchev–Trinajstić information content (AvgIpc) is 2.76. The molecule has 0 spiro atoms. The highest BCUT2D eigenvalue weighted by molar-refractivity contribution is 5.30. The average molecular weight is 205 g/mol. The van der Waals surface area contributed by atoms with Crippen molar-refractivity contribution in [2.45, 2.75) is 19.4 Å². The predicted molar refractivity (Wildman–Crippen MR) is 58.2 cm³/mol. The van der Waals surface area contributed by atoms with Crippen molar-refractivity contribution in [1.29, 1.82) is 0 Å². The van der Waals surface area contributed by atoms with Crippen LogP contribution in [0.4, 0.5) is 5.69 Å². The number of hydrogen-bond donors (Lipinski definition) is 1. The summed E-state index contributed by atoms with van der Waals surface area (Å²) >= 11 is 0. The van der Waals surface area contributed by atoms with E-state index >= 15 is 0 Å². The lowest BCUT2D eigenvalue weighted by molar-refractivity contribution is 0.579. The molecule has 0 amide bonds. The van der Waals surface area contributed by atoms with Crippen molar-refractivity contribution in [2.75, 3.05) is 5.73 Å². The van der Waals surface area contributed by atoms with Crippen molar-refractivity contribution in [2.24, 2.45) is 7.05 Å². The minimum Gasteiger partial charge on any atom is -0.396 e. The summed E-state index contributed by atoms with van der Waals surface area (Å²) in [4.78, 5) is 0. The number of nitrogen functional groups attached to an aromatic ring is 1. The van der Waals surface area contributed by atoms with Gasteiger partial charge in [0.15, 0.2) is 0 Å². The minimum absolute atomic E-state index is 0.719. The van der Waals surface area contributed by atoms with Crippen LogP contribution in [0.15, 0.2) is 24.8 Å². The number of nitrogens with two attached hydrogens (primary N) is 1. The fourth-order valence-electron chi connectivity index (χ4n) is 1.55. The van der Waals surface area contributed by atoms with E-state index in [0.29, 0.717) is 0 Å². The molecule has 2 heterocycles. The van der Waals surface area contributed by atoms with E-state index in [0.717, 1.165) is 25.1 Å². The molecule has 0 atom stereocenters. The monoisotopic (exact) mass is 205 g/mol. The van der Waals surface area contributed by atoms with Gasteiger partial charge in [0.2, 0.25) is 0 Å². The van der Waals surface area contributed by atoms with E-state index in [1.165, 1.54) is 5.56 Å². The van der Waals surface area contributed by atoms with Gasteiger partial charge in [-0.15, -0.1) is 0 Å². The Morgan fingerprint density at radius 2 is 2.13 bits per heavy atom. The molecule has 0 radical (unpaired) electrons.